The second-order valence-electron chi connectivity index (χ2n) is 6.39. The van der Waals surface area contributed by atoms with Gasteiger partial charge in [0, 0.05) is 12.2 Å². The van der Waals surface area contributed by atoms with E-state index in [1.54, 1.807) is 11.7 Å². The third-order valence-corrected chi connectivity index (χ3v) is 5.16. The van der Waals surface area contributed by atoms with Crippen LogP contribution in [-0.2, 0) is 11.3 Å². The first-order chi connectivity index (χ1) is 10.9. The molecule has 0 saturated carbocycles. The highest BCUT2D eigenvalue weighted by atomic mass is 32.1. The third-order valence-electron chi connectivity index (χ3n) is 3.34. The summed E-state index contributed by atoms with van der Waals surface area (Å²) in [4.78, 5) is 16.9. The van der Waals surface area contributed by atoms with Gasteiger partial charge in [0.2, 0.25) is 0 Å². The van der Waals surface area contributed by atoms with Crippen molar-refractivity contribution in [1.82, 2.24) is 10.3 Å². The molecular formula is C16H29N3O2PS+. The van der Waals surface area contributed by atoms with Gasteiger partial charge in [0.05, 0.1) is 36.9 Å². The normalized spacial score (nSPS) is 14.4. The van der Waals surface area contributed by atoms with Crippen molar-refractivity contribution in [3.8, 4) is 0 Å². The highest BCUT2D eigenvalue weighted by Crippen LogP contribution is 2.18. The van der Waals surface area contributed by atoms with E-state index in [9.17, 15) is 4.79 Å². The maximum Gasteiger partial charge on any atom is 0.407 e. The van der Waals surface area contributed by atoms with E-state index in [0.717, 1.165) is 30.3 Å². The van der Waals surface area contributed by atoms with Crippen LogP contribution in [0.5, 0.6) is 0 Å². The van der Waals surface area contributed by atoms with Crippen molar-refractivity contribution in [3.63, 3.8) is 0 Å². The number of carbonyl (C=O) groups is 1. The van der Waals surface area contributed by atoms with Gasteiger partial charge in [0.25, 0.3) is 0 Å². The van der Waals surface area contributed by atoms with Crippen LogP contribution in [0.3, 0.4) is 0 Å². The summed E-state index contributed by atoms with van der Waals surface area (Å²) in [6.07, 6.45) is 9.08. The Morgan fingerprint density at radius 3 is 2.83 bits per heavy atom. The lowest BCUT2D eigenvalue weighted by molar-refractivity contribution is 0.137. The summed E-state index contributed by atoms with van der Waals surface area (Å²) in [5, 5.41) is 2.96. The predicted molar refractivity (Wildman–Crippen MR) is 101 cm³/mol. The number of alkyl carbamates (subject to hydrolysis) is 1. The first-order valence-corrected chi connectivity index (χ1v) is 11.0. The van der Waals surface area contributed by atoms with Crippen molar-refractivity contribution in [1.29, 1.82) is 0 Å². The summed E-state index contributed by atoms with van der Waals surface area (Å²) in [7, 11) is -0.332. The van der Waals surface area contributed by atoms with Gasteiger partial charge in [-0.05, 0) is 25.2 Å². The molecular weight excluding hydrogens is 329 g/mol. The first kappa shape index (κ1) is 20.1. The first-order valence-electron chi connectivity index (χ1n) is 7.94. The molecule has 0 spiro atoms. The lowest BCUT2D eigenvalue weighted by Crippen LogP contribution is -2.38. The van der Waals surface area contributed by atoms with Gasteiger partial charge in [-0.25, -0.2) is 4.79 Å². The number of ether oxygens (including phenoxy) is 1. The fourth-order valence-electron chi connectivity index (χ4n) is 2.38. The molecule has 3 atom stereocenters. The molecule has 1 amide bonds. The number of amides is 1. The number of nitrogens with zero attached hydrogens (tertiary/aromatic N) is 1. The summed E-state index contributed by atoms with van der Waals surface area (Å²) < 4.78 is 5.25. The molecule has 1 rings (SSSR count). The molecule has 1 aromatic rings. The molecule has 0 bridgehead atoms. The zero-order valence-electron chi connectivity index (χ0n) is 14.3. The summed E-state index contributed by atoms with van der Waals surface area (Å²) in [5.74, 6) is 0.594. The summed E-state index contributed by atoms with van der Waals surface area (Å²) >= 11 is 1.47. The Morgan fingerprint density at radius 2 is 2.26 bits per heavy atom. The maximum atomic E-state index is 12.0. The van der Waals surface area contributed by atoms with E-state index in [1.165, 1.54) is 11.3 Å². The highest BCUT2D eigenvalue weighted by Gasteiger charge is 2.19. The van der Waals surface area contributed by atoms with Crippen LogP contribution in [-0.4, -0.2) is 42.3 Å². The van der Waals surface area contributed by atoms with Crippen LogP contribution in [0.15, 0.2) is 11.7 Å². The molecule has 0 fully saturated rings. The summed E-state index contributed by atoms with van der Waals surface area (Å²) in [5.41, 5.74) is 7.87. The van der Waals surface area contributed by atoms with Crippen molar-refractivity contribution >= 4 is 31.3 Å². The van der Waals surface area contributed by atoms with Crippen LogP contribution >= 0.6 is 18.9 Å². The number of aromatic nitrogens is 1. The molecule has 3 unspecified atom stereocenters. The molecule has 0 aliphatic rings. The Hall–Kier alpha value is -0.970. The molecule has 1 heterocycles. The van der Waals surface area contributed by atoms with E-state index in [0.29, 0.717) is 5.92 Å². The van der Waals surface area contributed by atoms with Crippen LogP contribution in [0.4, 0.5) is 4.79 Å². The highest BCUT2D eigenvalue weighted by molar-refractivity contribution is 7.55. The topological polar surface area (TPSA) is 77.2 Å². The lowest BCUT2D eigenvalue weighted by Gasteiger charge is -2.19. The number of carbonyl (C=O) groups excluding carboxylic acids is 1. The average molecular weight is 358 g/mol. The van der Waals surface area contributed by atoms with Gasteiger partial charge in [0.1, 0.15) is 12.8 Å². The number of rotatable bonds is 10. The van der Waals surface area contributed by atoms with Crippen molar-refractivity contribution in [2.45, 2.75) is 51.8 Å². The minimum absolute atomic E-state index is 0.0794. The Morgan fingerprint density at radius 1 is 1.52 bits per heavy atom. The minimum atomic E-state index is -0.377. The molecule has 0 radical (unpaired) electrons. The zero-order chi connectivity index (χ0) is 17.2. The molecule has 0 aromatic carbocycles. The third kappa shape index (κ3) is 9.69. The van der Waals surface area contributed by atoms with E-state index in [4.69, 9.17) is 10.5 Å². The van der Waals surface area contributed by atoms with Crippen LogP contribution in [0.1, 0.15) is 38.0 Å². The second-order valence-corrected chi connectivity index (χ2v) is 9.44. The largest absolute Gasteiger partial charge is 0.444 e. The molecule has 3 N–H and O–H groups in total. The molecule has 0 aliphatic carbocycles. The minimum Gasteiger partial charge on any atom is -0.444 e. The van der Waals surface area contributed by atoms with E-state index in [-0.39, 0.29) is 32.3 Å². The summed E-state index contributed by atoms with van der Waals surface area (Å²) in [6, 6.07) is 0.260. The van der Waals surface area contributed by atoms with Gasteiger partial charge in [-0.3, -0.25) is 4.98 Å². The van der Waals surface area contributed by atoms with Crippen molar-refractivity contribution in [2.75, 3.05) is 12.8 Å². The smallest absolute Gasteiger partial charge is 0.407 e. The molecule has 5 nitrogen and oxygen atoms in total. The molecule has 7 heteroatoms. The van der Waals surface area contributed by atoms with E-state index < -0.39 is 0 Å². The van der Waals surface area contributed by atoms with E-state index in [1.807, 2.05) is 0 Å². The average Bonchev–Trinajstić information content (AvgIpc) is 2.94. The molecule has 0 aliphatic heterocycles. The molecule has 1 aromatic heterocycles. The van der Waals surface area contributed by atoms with Gasteiger partial charge in [0.15, 0.2) is 0 Å². The van der Waals surface area contributed by atoms with Gasteiger partial charge in [-0.15, -0.1) is 11.3 Å². The Balaban J connectivity index is 2.39. The monoisotopic (exact) mass is 358 g/mol. The zero-order valence-corrected chi connectivity index (χ0v) is 16.0. The van der Waals surface area contributed by atoms with Crippen LogP contribution < -0.4 is 11.1 Å². The fourth-order valence-corrected chi connectivity index (χ4v) is 3.91. The number of nitrogens with one attached hydrogen (secondary N) is 1. The van der Waals surface area contributed by atoms with Crippen molar-refractivity contribution in [3.05, 3.63) is 16.6 Å². The van der Waals surface area contributed by atoms with Gasteiger partial charge < -0.3 is 15.8 Å². The van der Waals surface area contributed by atoms with Crippen molar-refractivity contribution in [2.24, 2.45) is 11.7 Å². The molecule has 23 heavy (non-hydrogen) atoms. The standard InChI is InChI=1S/C16H28N3O2PS/c1-12(2)7-13(17)5-6-14(10-22(3)4)19-16(20)21-9-15-8-18-11-23-15/h8,11-14H,3,5-7,9-10,17H2,1-2,4H3/p+1. The Kier molecular flexibility index (Phi) is 9.37. The van der Waals surface area contributed by atoms with Gasteiger partial charge in [-0.1, -0.05) is 13.8 Å². The second kappa shape index (κ2) is 10.7. The lowest BCUT2D eigenvalue weighted by atomic mass is 9.99. The van der Waals surface area contributed by atoms with Gasteiger partial charge in [-0.2, -0.15) is 0 Å². The van der Waals surface area contributed by atoms with E-state index in [2.05, 4.69) is 37.1 Å². The van der Waals surface area contributed by atoms with Crippen molar-refractivity contribution < 1.29 is 9.53 Å². The quantitative estimate of drug-likeness (QED) is 0.628. The number of nitrogens with two attached hydrogens (primary N) is 1. The van der Waals surface area contributed by atoms with Gasteiger partial charge >= 0.3 is 6.09 Å². The Bertz CT molecular complexity index is 480. The van der Waals surface area contributed by atoms with Crippen LogP contribution in [0, 0.1) is 5.92 Å². The van der Waals surface area contributed by atoms with E-state index >= 15 is 0 Å². The SMILES string of the molecule is C=[P+](C)CC(CCC(N)CC(C)C)NC(=O)OCc1cncs1. The maximum absolute atomic E-state index is 12.0. The predicted octanol–water partition coefficient (Wildman–Crippen LogP) is 3.44. The fraction of sp³-hybridized carbons (Fsp3) is 0.688. The molecule has 0 saturated heterocycles. The van der Waals surface area contributed by atoms with Crippen LogP contribution in [0.2, 0.25) is 0 Å². The number of hydrogen-bond donors (Lipinski definition) is 2. The summed E-state index contributed by atoms with van der Waals surface area (Å²) in [6.45, 7) is 6.73. The number of hydrogen-bond acceptors (Lipinski definition) is 5. The number of thiazole rings is 1. The Labute approximate surface area is 144 Å². The molecule has 130 valence electrons. The van der Waals surface area contributed by atoms with Crippen LogP contribution in [0.25, 0.3) is 0 Å².